The molecule has 6 nitrogen and oxygen atoms in total. The van der Waals surface area contributed by atoms with Crippen LogP contribution in [0, 0.1) is 11.3 Å². The quantitative estimate of drug-likeness (QED) is 0.249. The Balaban J connectivity index is 1.20. The second-order valence-electron chi connectivity index (χ2n) is 8.50. The molecule has 0 saturated carbocycles. The summed E-state index contributed by atoms with van der Waals surface area (Å²) in [5.74, 6) is 1.82. The maximum atomic E-state index is 12.5. The Labute approximate surface area is 198 Å². The third-order valence-electron chi connectivity index (χ3n) is 5.68. The second-order valence-corrected chi connectivity index (χ2v) is 9.44. The van der Waals surface area contributed by atoms with Crippen LogP contribution in [0.3, 0.4) is 0 Å². The monoisotopic (exact) mass is 463 g/mol. The largest absolute Gasteiger partial charge is 0.454 e. The van der Waals surface area contributed by atoms with Crippen molar-refractivity contribution in [2.75, 3.05) is 17.8 Å². The molecule has 0 bridgehead atoms. The van der Waals surface area contributed by atoms with Crippen molar-refractivity contribution >= 4 is 34.3 Å². The predicted octanol–water partition coefficient (Wildman–Crippen LogP) is 6.12. The number of carbonyl (C=O) groups excluding carboxylic acids is 1. The summed E-state index contributed by atoms with van der Waals surface area (Å²) in [5, 5.41) is 13.3. The van der Waals surface area contributed by atoms with E-state index in [1.165, 1.54) is 0 Å². The zero-order valence-electron chi connectivity index (χ0n) is 18.7. The lowest BCUT2D eigenvalue weighted by Gasteiger charge is -2.13. The van der Waals surface area contributed by atoms with E-state index in [0.29, 0.717) is 42.3 Å². The third-order valence-corrected chi connectivity index (χ3v) is 6.60. The molecule has 33 heavy (non-hydrogen) atoms. The topological polar surface area (TPSA) is 97.4 Å². The van der Waals surface area contributed by atoms with Crippen LogP contribution in [0.2, 0.25) is 0 Å². The van der Waals surface area contributed by atoms with Gasteiger partial charge in [-0.05, 0) is 72.0 Å². The Bertz CT molecular complexity index is 1130. The van der Waals surface area contributed by atoms with Crippen molar-refractivity contribution in [3.05, 3.63) is 59.5 Å². The van der Waals surface area contributed by atoms with Gasteiger partial charge >= 0.3 is 0 Å². The molecule has 1 atom stereocenters. The molecule has 0 fully saturated rings. The number of hydrogen-bond donors (Lipinski definition) is 3. The zero-order chi connectivity index (χ0) is 23.2. The highest BCUT2D eigenvalue weighted by Crippen LogP contribution is 2.33. The zero-order valence-corrected chi connectivity index (χ0v) is 19.5. The molecule has 2 heterocycles. The van der Waals surface area contributed by atoms with E-state index in [9.17, 15) is 4.79 Å². The molecule has 0 radical (unpaired) electrons. The number of nitrogen functional groups attached to an aromatic ring is 1. The number of rotatable bonds is 10. The van der Waals surface area contributed by atoms with Crippen molar-refractivity contribution in [2.45, 2.75) is 39.0 Å². The number of nitrogens with two attached hydrogens (primary N) is 1. The molecule has 0 spiro atoms. The average Bonchev–Trinajstić information content (AvgIpc) is 3.47. The number of fused-ring (bicyclic) bond motifs is 1. The predicted molar refractivity (Wildman–Crippen MR) is 134 cm³/mol. The highest BCUT2D eigenvalue weighted by Gasteiger charge is 2.15. The number of benzene rings is 2. The van der Waals surface area contributed by atoms with Crippen LogP contribution in [0.15, 0.2) is 53.9 Å². The first-order valence-electron chi connectivity index (χ1n) is 11.2. The van der Waals surface area contributed by atoms with E-state index in [1.54, 1.807) is 11.3 Å². The average molecular weight is 464 g/mol. The molecule has 4 N–H and O–H groups in total. The Hall–Kier alpha value is -3.32. The first-order valence-corrected chi connectivity index (χ1v) is 12.0. The van der Waals surface area contributed by atoms with Gasteiger partial charge in [0, 0.05) is 23.4 Å². The molecular weight excluding hydrogens is 434 g/mol. The molecule has 3 aromatic rings. The fourth-order valence-electron chi connectivity index (χ4n) is 3.98. The van der Waals surface area contributed by atoms with E-state index >= 15 is 0 Å². The lowest BCUT2D eigenvalue weighted by molar-refractivity contribution is -0.116. The summed E-state index contributed by atoms with van der Waals surface area (Å²) in [6.07, 6.45) is 3.41. The molecule has 7 heteroatoms. The van der Waals surface area contributed by atoms with Gasteiger partial charge in [0.1, 0.15) is 0 Å². The number of thiophene rings is 1. The van der Waals surface area contributed by atoms with Gasteiger partial charge < -0.3 is 25.9 Å². The van der Waals surface area contributed by atoms with Crippen molar-refractivity contribution in [3.63, 3.8) is 0 Å². The summed E-state index contributed by atoms with van der Waals surface area (Å²) in [5.41, 5.74) is 10.1. The summed E-state index contributed by atoms with van der Waals surface area (Å²) >= 11 is 1.65. The van der Waals surface area contributed by atoms with Crippen LogP contribution in [0.25, 0.3) is 10.4 Å². The van der Waals surface area contributed by atoms with Gasteiger partial charge in [-0.3, -0.25) is 4.79 Å². The van der Waals surface area contributed by atoms with Crippen LogP contribution < -0.4 is 20.5 Å². The van der Waals surface area contributed by atoms with Crippen LogP contribution in [-0.2, 0) is 11.2 Å². The van der Waals surface area contributed by atoms with Crippen LogP contribution in [0.5, 0.6) is 11.5 Å². The summed E-state index contributed by atoms with van der Waals surface area (Å²) in [6, 6.07) is 15.6. The van der Waals surface area contributed by atoms with E-state index in [0.717, 1.165) is 40.3 Å². The summed E-state index contributed by atoms with van der Waals surface area (Å²) < 4.78 is 10.8. The lowest BCUT2D eigenvalue weighted by Crippen LogP contribution is -2.14. The van der Waals surface area contributed by atoms with E-state index in [1.807, 2.05) is 53.9 Å². The van der Waals surface area contributed by atoms with Gasteiger partial charge in [-0.25, -0.2) is 0 Å². The van der Waals surface area contributed by atoms with Gasteiger partial charge in [0.05, 0.1) is 11.4 Å². The van der Waals surface area contributed by atoms with Gasteiger partial charge in [-0.15, -0.1) is 11.3 Å². The molecule has 4 rings (SSSR count). The Kier molecular flexibility index (Phi) is 7.29. The normalized spacial score (nSPS) is 13.0. The molecule has 1 aliphatic heterocycles. The Morgan fingerprint density at radius 2 is 2.03 bits per heavy atom. The van der Waals surface area contributed by atoms with Crippen molar-refractivity contribution in [2.24, 2.45) is 5.92 Å². The number of hydrogen-bond acceptors (Lipinski definition) is 6. The maximum Gasteiger partial charge on any atom is 0.231 e. The summed E-state index contributed by atoms with van der Waals surface area (Å²) in [4.78, 5) is 13.6. The number of amides is 1. The number of anilines is 2. The molecule has 0 aliphatic carbocycles. The lowest BCUT2D eigenvalue weighted by atomic mass is 9.94. The second kappa shape index (κ2) is 10.5. The molecule has 172 valence electrons. The van der Waals surface area contributed by atoms with Gasteiger partial charge in [-0.1, -0.05) is 25.1 Å². The molecular formula is C26H29N3O3S. The molecule has 1 aliphatic rings. The standard InChI is InChI=1S/C26H29N3O3S/c1-17(12-20(27)13-18-7-10-23-24(14-18)32-16-31-23)4-2-6-26(30)29-22-15-19(8-9-21(22)28)25-5-3-11-33-25/h3,5,7-11,14-15,17,27H,2,4,6,12-13,16,28H2,1H3,(H,29,30). The molecule has 1 amide bonds. The number of ether oxygens (including phenoxy) is 2. The van der Waals surface area contributed by atoms with Crippen LogP contribution in [0.1, 0.15) is 38.2 Å². The minimum Gasteiger partial charge on any atom is -0.454 e. The smallest absolute Gasteiger partial charge is 0.231 e. The Morgan fingerprint density at radius 3 is 2.85 bits per heavy atom. The van der Waals surface area contributed by atoms with E-state index in [-0.39, 0.29) is 12.7 Å². The van der Waals surface area contributed by atoms with E-state index < -0.39 is 0 Å². The fourth-order valence-corrected chi connectivity index (χ4v) is 4.70. The highest BCUT2D eigenvalue weighted by atomic mass is 32.1. The number of carbonyl (C=O) groups is 1. The number of nitrogens with one attached hydrogen (secondary N) is 2. The van der Waals surface area contributed by atoms with Crippen molar-refractivity contribution in [1.29, 1.82) is 5.41 Å². The fraction of sp³-hybridized carbons (Fsp3) is 0.308. The molecule has 1 aromatic heterocycles. The highest BCUT2D eigenvalue weighted by molar-refractivity contribution is 7.13. The van der Waals surface area contributed by atoms with E-state index in [2.05, 4.69) is 12.2 Å². The molecule has 2 aromatic carbocycles. The Morgan fingerprint density at radius 1 is 1.18 bits per heavy atom. The minimum absolute atomic E-state index is 0.0346. The van der Waals surface area contributed by atoms with Crippen molar-refractivity contribution in [1.82, 2.24) is 0 Å². The molecule has 1 unspecified atom stereocenters. The summed E-state index contributed by atoms with van der Waals surface area (Å²) in [7, 11) is 0. The first-order chi connectivity index (χ1) is 16.0. The van der Waals surface area contributed by atoms with Gasteiger partial charge in [-0.2, -0.15) is 0 Å². The van der Waals surface area contributed by atoms with Crippen LogP contribution in [0.4, 0.5) is 11.4 Å². The minimum atomic E-state index is -0.0346. The van der Waals surface area contributed by atoms with Crippen LogP contribution >= 0.6 is 11.3 Å². The van der Waals surface area contributed by atoms with Crippen molar-refractivity contribution < 1.29 is 14.3 Å². The van der Waals surface area contributed by atoms with E-state index in [4.69, 9.17) is 20.6 Å². The maximum absolute atomic E-state index is 12.5. The van der Waals surface area contributed by atoms with Crippen LogP contribution in [-0.4, -0.2) is 18.4 Å². The van der Waals surface area contributed by atoms with Crippen molar-refractivity contribution in [3.8, 4) is 21.9 Å². The third kappa shape index (κ3) is 6.14. The SMILES string of the molecule is CC(CCCC(=O)Nc1cc(-c2cccs2)ccc1N)CC(=N)Cc1ccc2c(c1)OCO2. The summed E-state index contributed by atoms with van der Waals surface area (Å²) in [6.45, 7) is 2.39. The van der Waals surface area contributed by atoms with Gasteiger partial charge in [0.15, 0.2) is 11.5 Å². The molecule has 0 saturated heterocycles. The first kappa shape index (κ1) is 22.9. The van der Waals surface area contributed by atoms with Gasteiger partial charge in [0.25, 0.3) is 0 Å². The van der Waals surface area contributed by atoms with Gasteiger partial charge in [0.2, 0.25) is 12.7 Å².